The molecule has 1 saturated heterocycles. The summed E-state index contributed by atoms with van der Waals surface area (Å²) in [6.45, 7) is 6.62. The average molecular weight is 353 g/mol. The minimum Gasteiger partial charge on any atom is -0.352 e. The number of carbonyl (C=O) groups is 1. The molecule has 1 aliphatic rings. The van der Waals surface area contributed by atoms with Crippen molar-refractivity contribution in [2.24, 2.45) is 0 Å². The van der Waals surface area contributed by atoms with Crippen molar-refractivity contribution in [1.82, 2.24) is 19.2 Å². The van der Waals surface area contributed by atoms with Crippen molar-refractivity contribution in [3.8, 4) is 0 Å². The van der Waals surface area contributed by atoms with E-state index in [2.05, 4.69) is 31.4 Å². The summed E-state index contributed by atoms with van der Waals surface area (Å²) in [5.41, 5.74) is 1.65. The third kappa shape index (κ3) is 3.07. The van der Waals surface area contributed by atoms with Gasteiger partial charge in [-0.3, -0.25) is 4.79 Å². The fraction of sp³-hybridized carbons (Fsp3) is 0.333. The molecule has 7 heteroatoms. The van der Waals surface area contributed by atoms with Gasteiger partial charge in [-0.05, 0) is 43.6 Å². The Morgan fingerprint density at radius 2 is 1.72 bits per heavy atom. The maximum atomic E-state index is 12.7. The number of piperazine rings is 1. The molecular weight excluding hydrogens is 334 g/mol. The smallest absolute Gasteiger partial charge is 0.291 e. The number of benzene rings is 1. The van der Waals surface area contributed by atoms with Crippen LogP contribution in [-0.2, 0) is 0 Å². The molecule has 3 aromatic rings. The molecule has 128 valence electrons. The number of hydrogen-bond donors (Lipinski definition) is 0. The molecule has 1 aliphatic heterocycles. The van der Waals surface area contributed by atoms with E-state index < -0.39 is 0 Å². The van der Waals surface area contributed by atoms with Gasteiger partial charge in [-0.2, -0.15) is 4.37 Å². The molecule has 25 heavy (non-hydrogen) atoms. The zero-order chi connectivity index (χ0) is 17.4. The van der Waals surface area contributed by atoms with Crippen LogP contribution in [0.15, 0.2) is 30.3 Å². The van der Waals surface area contributed by atoms with Gasteiger partial charge in [-0.25, -0.2) is 9.97 Å². The topological polar surface area (TPSA) is 62.2 Å². The van der Waals surface area contributed by atoms with Crippen molar-refractivity contribution >= 4 is 33.3 Å². The summed E-state index contributed by atoms with van der Waals surface area (Å²) in [4.78, 5) is 25.4. The van der Waals surface area contributed by atoms with Gasteiger partial charge < -0.3 is 9.80 Å². The van der Waals surface area contributed by atoms with Crippen LogP contribution in [0.5, 0.6) is 0 Å². The van der Waals surface area contributed by atoms with E-state index in [1.165, 1.54) is 21.6 Å². The largest absolute Gasteiger partial charge is 0.352 e. The first kappa shape index (κ1) is 16.0. The van der Waals surface area contributed by atoms with E-state index in [1.54, 1.807) is 0 Å². The quantitative estimate of drug-likeness (QED) is 0.709. The molecule has 4 rings (SSSR count). The summed E-state index contributed by atoms with van der Waals surface area (Å²) in [7, 11) is 0. The number of fused-ring (bicyclic) bond motifs is 1. The molecule has 0 saturated carbocycles. The first-order chi connectivity index (χ1) is 12.1. The first-order valence-electron chi connectivity index (χ1n) is 8.33. The second kappa shape index (κ2) is 6.40. The van der Waals surface area contributed by atoms with Gasteiger partial charge in [0.2, 0.25) is 5.82 Å². The molecule has 0 spiro atoms. The molecule has 1 fully saturated rings. The Bertz CT molecular complexity index is 910. The predicted octanol–water partition coefficient (Wildman–Crippen LogP) is 2.67. The molecule has 6 nitrogen and oxygen atoms in total. The molecule has 0 N–H and O–H groups in total. The standard InChI is InChI=1S/C18H19N5OS/c1-12-11-13(2)20-16(19-12)18(24)23-9-7-22(8-10-23)17-14-5-3-4-6-15(14)25-21-17/h3-6,11H,7-10H2,1-2H3. The van der Waals surface area contributed by atoms with E-state index in [-0.39, 0.29) is 5.91 Å². The number of carbonyl (C=O) groups excluding carboxylic acids is 1. The molecule has 2 aromatic heterocycles. The van der Waals surface area contributed by atoms with Gasteiger partial charge in [-0.15, -0.1) is 0 Å². The van der Waals surface area contributed by atoms with Crippen LogP contribution >= 0.6 is 11.5 Å². The lowest BCUT2D eigenvalue weighted by atomic mass is 10.2. The van der Waals surface area contributed by atoms with E-state index >= 15 is 0 Å². The van der Waals surface area contributed by atoms with E-state index in [1.807, 2.05) is 36.9 Å². The van der Waals surface area contributed by atoms with Crippen LogP contribution in [-0.4, -0.2) is 51.3 Å². The molecule has 0 bridgehead atoms. The van der Waals surface area contributed by atoms with Crippen molar-refractivity contribution in [2.75, 3.05) is 31.1 Å². The van der Waals surface area contributed by atoms with Gasteiger partial charge in [-0.1, -0.05) is 12.1 Å². The van der Waals surface area contributed by atoms with E-state index in [9.17, 15) is 4.79 Å². The summed E-state index contributed by atoms with van der Waals surface area (Å²) in [6, 6.07) is 10.1. The number of anilines is 1. The van der Waals surface area contributed by atoms with Crippen LogP contribution in [0.4, 0.5) is 5.82 Å². The molecule has 3 heterocycles. The summed E-state index contributed by atoms with van der Waals surface area (Å²) in [5, 5.41) is 1.19. The lowest BCUT2D eigenvalue weighted by Crippen LogP contribution is -2.49. The van der Waals surface area contributed by atoms with E-state index in [0.29, 0.717) is 18.9 Å². The third-order valence-electron chi connectivity index (χ3n) is 4.40. The second-order valence-electron chi connectivity index (χ2n) is 6.26. The highest BCUT2D eigenvalue weighted by Crippen LogP contribution is 2.29. The van der Waals surface area contributed by atoms with Gasteiger partial charge in [0.15, 0.2) is 0 Å². The van der Waals surface area contributed by atoms with Crippen molar-refractivity contribution in [3.05, 3.63) is 47.5 Å². The molecule has 0 radical (unpaired) electrons. The molecule has 0 unspecified atom stereocenters. The highest BCUT2D eigenvalue weighted by Gasteiger charge is 2.26. The van der Waals surface area contributed by atoms with Crippen LogP contribution in [0.3, 0.4) is 0 Å². The third-order valence-corrected chi connectivity index (χ3v) is 5.22. The van der Waals surface area contributed by atoms with Crippen LogP contribution in [0.2, 0.25) is 0 Å². The van der Waals surface area contributed by atoms with E-state index in [0.717, 1.165) is 30.3 Å². The average Bonchev–Trinajstić information content (AvgIpc) is 3.04. The maximum Gasteiger partial charge on any atom is 0.291 e. The summed E-state index contributed by atoms with van der Waals surface area (Å²) in [5.74, 6) is 1.23. The van der Waals surface area contributed by atoms with Crippen LogP contribution in [0, 0.1) is 13.8 Å². The SMILES string of the molecule is Cc1cc(C)nc(C(=O)N2CCN(c3nsc4ccccc34)CC2)n1. The molecule has 1 amide bonds. The fourth-order valence-corrected chi connectivity index (χ4v) is 3.98. The summed E-state index contributed by atoms with van der Waals surface area (Å²) in [6.07, 6.45) is 0. The van der Waals surface area contributed by atoms with Crippen LogP contribution < -0.4 is 4.90 Å². The molecule has 1 aromatic carbocycles. The normalized spacial score (nSPS) is 15.0. The Hall–Kier alpha value is -2.54. The monoisotopic (exact) mass is 353 g/mol. The van der Waals surface area contributed by atoms with Crippen molar-refractivity contribution in [2.45, 2.75) is 13.8 Å². The zero-order valence-corrected chi connectivity index (χ0v) is 15.1. The Kier molecular flexibility index (Phi) is 4.09. The van der Waals surface area contributed by atoms with Gasteiger partial charge in [0.05, 0.1) is 4.70 Å². The second-order valence-corrected chi connectivity index (χ2v) is 7.06. The number of rotatable bonds is 2. The number of amides is 1. The zero-order valence-electron chi connectivity index (χ0n) is 14.3. The lowest BCUT2D eigenvalue weighted by Gasteiger charge is -2.34. The number of aryl methyl sites for hydroxylation is 2. The summed E-state index contributed by atoms with van der Waals surface area (Å²) < 4.78 is 5.80. The van der Waals surface area contributed by atoms with Crippen molar-refractivity contribution in [1.29, 1.82) is 0 Å². The Morgan fingerprint density at radius 1 is 1.04 bits per heavy atom. The van der Waals surface area contributed by atoms with Crippen molar-refractivity contribution in [3.63, 3.8) is 0 Å². The van der Waals surface area contributed by atoms with Crippen molar-refractivity contribution < 1.29 is 4.79 Å². The lowest BCUT2D eigenvalue weighted by molar-refractivity contribution is 0.0733. The van der Waals surface area contributed by atoms with E-state index in [4.69, 9.17) is 0 Å². The van der Waals surface area contributed by atoms with Gasteiger partial charge in [0.25, 0.3) is 5.91 Å². The highest BCUT2D eigenvalue weighted by atomic mass is 32.1. The molecule has 0 atom stereocenters. The fourth-order valence-electron chi connectivity index (χ4n) is 3.18. The minimum absolute atomic E-state index is 0.0883. The van der Waals surface area contributed by atoms with Gasteiger partial charge in [0, 0.05) is 43.0 Å². The van der Waals surface area contributed by atoms with Crippen LogP contribution in [0.1, 0.15) is 22.0 Å². The summed E-state index contributed by atoms with van der Waals surface area (Å²) >= 11 is 1.52. The first-order valence-corrected chi connectivity index (χ1v) is 9.10. The maximum absolute atomic E-state index is 12.7. The molecular formula is C18H19N5OS. The predicted molar refractivity (Wildman–Crippen MR) is 99.2 cm³/mol. The van der Waals surface area contributed by atoms with Gasteiger partial charge in [0.1, 0.15) is 5.82 Å². The number of nitrogens with zero attached hydrogens (tertiary/aromatic N) is 5. The highest BCUT2D eigenvalue weighted by molar-refractivity contribution is 7.13. The minimum atomic E-state index is -0.0883. The Labute approximate surface area is 150 Å². The van der Waals surface area contributed by atoms with Gasteiger partial charge >= 0.3 is 0 Å². The van der Waals surface area contributed by atoms with Crippen LogP contribution in [0.25, 0.3) is 10.1 Å². The molecule has 0 aliphatic carbocycles. The number of aromatic nitrogens is 3. The Balaban J connectivity index is 1.48. The number of hydrogen-bond acceptors (Lipinski definition) is 6. The Morgan fingerprint density at radius 3 is 2.44 bits per heavy atom.